The van der Waals surface area contributed by atoms with E-state index in [9.17, 15) is 10.1 Å². The van der Waals surface area contributed by atoms with Gasteiger partial charge in [-0.15, -0.1) is 4.91 Å². The fourth-order valence-corrected chi connectivity index (χ4v) is 2.69. The minimum absolute atomic E-state index is 0.00236. The molecule has 110 valence electrons. The average Bonchev–Trinajstić information content (AvgIpc) is 2.88. The van der Waals surface area contributed by atoms with Crippen LogP contribution in [0, 0.1) is 9.68 Å². The molecule has 0 saturated heterocycles. The molecule has 3 aromatic rings. The van der Waals surface area contributed by atoms with Crippen LogP contribution in [0.1, 0.15) is 0 Å². The summed E-state index contributed by atoms with van der Waals surface area (Å²) in [7, 11) is 0. The highest BCUT2D eigenvalue weighted by atomic mass is 32.1. The number of nitroso groups, excluding NO2 is 1. The summed E-state index contributed by atoms with van der Waals surface area (Å²) < 4.78 is 3.39. The van der Waals surface area contributed by atoms with Crippen molar-refractivity contribution in [2.24, 2.45) is 5.18 Å². The standard InChI is InChI=1S/C15H12N4O2S/c20-16-13-14(17-21)19(12-9-5-2-6-10-12)15(22)18(13)11-7-3-1-4-8-11/h1-10,16,20H. The van der Waals surface area contributed by atoms with Crippen molar-refractivity contribution < 1.29 is 5.21 Å². The third kappa shape index (κ3) is 2.22. The second kappa shape index (κ2) is 5.92. The molecule has 0 bridgehead atoms. The molecule has 0 spiro atoms. The molecular formula is C15H12N4O2S. The Morgan fingerprint density at radius 3 is 1.86 bits per heavy atom. The molecule has 2 N–H and O–H groups in total. The van der Waals surface area contributed by atoms with Gasteiger partial charge >= 0.3 is 0 Å². The third-order valence-corrected chi connectivity index (χ3v) is 3.62. The molecule has 1 aromatic heterocycles. The van der Waals surface area contributed by atoms with Crippen LogP contribution in [0.15, 0.2) is 65.8 Å². The molecule has 3 rings (SSSR count). The Hall–Kier alpha value is -2.77. The predicted molar refractivity (Wildman–Crippen MR) is 86.8 cm³/mol. The van der Waals surface area contributed by atoms with Crippen LogP contribution in [0.5, 0.6) is 0 Å². The topological polar surface area (TPSA) is 71.6 Å². The Bertz CT molecular complexity index is 856. The van der Waals surface area contributed by atoms with Crippen LogP contribution in [-0.2, 0) is 0 Å². The Morgan fingerprint density at radius 2 is 1.41 bits per heavy atom. The van der Waals surface area contributed by atoms with E-state index in [4.69, 9.17) is 12.2 Å². The zero-order chi connectivity index (χ0) is 15.5. The molecule has 2 aromatic carbocycles. The molecule has 0 amide bonds. The minimum Gasteiger partial charge on any atom is -0.290 e. The Labute approximate surface area is 131 Å². The lowest BCUT2D eigenvalue weighted by Gasteiger charge is -2.06. The molecule has 0 fully saturated rings. The molecular weight excluding hydrogens is 300 g/mol. The van der Waals surface area contributed by atoms with E-state index in [0.29, 0.717) is 16.1 Å². The molecule has 0 unspecified atom stereocenters. The second-order valence-electron chi connectivity index (χ2n) is 4.50. The lowest BCUT2D eigenvalue weighted by Crippen LogP contribution is -2.01. The molecule has 22 heavy (non-hydrogen) atoms. The molecule has 0 atom stereocenters. The normalized spacial score (nSPS) is 10.4. The van der Waals surface area contributed by atoms with Crippen LogP contribution in [0.3, 0.4) is 0 Å². The minimum atomic E-state index is 0.00236. The number of hydrogen-bond donors (Lipinski definition) is 2. The smallest absolute Gasteiger partial charge is 0.227 e. The maximum Gasteiger partial charge on any atom is 0.227 e. The summed E-state index contributed by atoms with van der Waals surface area (Å²) in [5, 5.41) is 12.5. The number of aromatic nitrogens is 2. The van der Waals surface area contributed by atoms with Crippen molar-refractivity contribution in [3.05, 3.63) is 70.3 Å². The first-order chi connectivity index (χ1) is 10.8. The number of anilines is 1. The van der Waals surface area contributed by atoms with E-state index >= 15 is 0 Å². The Balaban J connectivity index is 2.36. The highest BCUT2D eigenvalue weighted by molar-refractivity contribution is 7.71. The fraction of sp³-hybridized carbons (Fsp3) is 0. The number of nitrogens with one attached hydrogen (secondary N) is 1. The molecule has 0 radical (unpaired) electrons. The lowest BCUT2D eigenvalue weighted by atomic mass is 10.3. The van der Waals surface area contributed by atoms with Gasteiger partial charge in [-0.3, -0.25) is 14.3 Å². The molecule has 1 heterocycles. The van der Waals surface area contributed by atoms with Crippen molar-refractivity contribution in [3.63, 3.8) is 0 Å². The van der Waals surface area contributed by atoms with E-state index in [1.54, 1.807) is 16.7 Å². The molecule has 0 saturated carbocycles. The summed E-state index contributed by atoms with van der Waals surface area (Å²) in [6.07, 6.45) is 0. The van der Waals surface area contributed by atoms with Gasteiger partial charge in [-0.25, -0.2) is 5.48 Å². The summed E-state index contributed by atoms with van der Waals surface area (Å²) in [5.41, 5.74) is 3.43. The van der Waals surface area contributed by atoms with Crippen LogP contribution in [0.25, 0.3) is 11.4 Å². The summed E-state index contributed by atoms with van der Waals surface area (Å²) in [6.45, 7) is 0. The zero-order valence-electron chi connectivity index (χ0n) is 11.4. The van der Waals surface area contributed by atoms with Crippen LogP contribution in [0.2, 0.25) is 0 Å². The van der Waals surface area contributed by atoms with Crippen molar-refractivity contribution in [3.8, 4) is 11.4 Å². The Morgan fingerprint density at radius 1 is 0.909 bits per heavy atom. The maximum absolute atomic E-state index is 11.3. The largest absolute Gasteiger partial charge is 0.290 e. The number of benzene rings is 2. The first kappa shape index (κ1) is 14.2. The van der Waals surface area contributed by atoms with Gasteiger partial charge in [-0.05, 0) is 41.7 Å². The van der Waals surface area contributed by atoms with Gasteiger partial charge in [0.25, 0.3) is 0 Å². The van der Waals surface area contributed by atoms with Crippen LogP contribution >= 0.6 is 12.2 Å². The maximum atomic E-state index is 11.3. The summed E-state index contributed by atoms with van der Waals surface area (Å²) >= 11 is 5.47. The van der Waals surface area contributed by atoms with Gasteiger partial charge in [0.15, 0.2) is 10.6 Å². The quantitative estimate of drug-likeness (QED) is 0.430. The highest BCUT2D eigenvalue weighted by Gasteiger charge is 2.20. The van der Waals surface area contributed by atoms with E-state index in [-0.39, 0.29) is 11.6 Å². The van der Waals surface area contributed by atoms with E-state index in [1.165, 1.54) is 4.57 Å². The van der Waals surface area contributed by atoms with Crippen molar-refractivity contribution in [1.82, 2.24) is 9.13 Å². The van der Waals surface area contributed by atoms with E-state index < -0.39 is 0 Å². The Kier molecular flexibility index (Phi) is 3.82. The molecule has 0 aliphatic carbocycles. The van der Waals surface area contributed by atoms with Gasteiger partial charge in [0.2, 0.25) is 5.82 Å². The van der Waals surface area contributed by atoms with Crippen molar-refractivity contribution in [2.75, 3.05) is 5.48 Å². The lowest BCUT2D eigenvalue weighted by molar-refractivity contribution is 0.384. The van der Waals surface area contributed by atoms with Crippen molar-refractivity contribution in [1.29, 1.82) is 0 Å². The van der Waals surface area contributed by atoms with Crippen LogP contribution < -0.4 is 5.48 Å². The number of para-hydroxylation sites is 2. The van der Waals surface area contributed by atoms with E-state index in [1.807, 2.05) is 54.0 Å². The van der Waals surface area contributed by atoms with Crippen LogP contribution in [-0.4, -0.2) is 14.3 Å². The van der Waals surface area contributed by atoms with E-state index in [0.717, 1.165) is 0 Å². The van der Waals surface area contributed by atoms with E-state index in [2.05, 4.69) is 5.18 Å². The average molecular weight is 312 g/mol. The summed E-state index contributed by atoms with van der Waals surface area (Å²) in [4.78, 5) is 11.3. The van der Waals surface area contributed by atoms with Gasteiger partial charge in [0, 0.05) is 5.69 Å². The number of imidazole rings is 1. The van der Waals surface area contributed by atoms with Gasteiger partial charge in [0.05, 0.1) is 5.69 Å². The molecule has 0 aliphatic heterocycles. The van der Waals surface area contributed by atoms with Gasteiger partial charge in [0.1, 0.15) is 0 Å². The number of hydrogen-bond acceptors (Lipinski definition) is 5. The number of rotatable bonds is 4. The zero-order valence-corrected chi connectivity index (χ0v) is 12.2. The molecule has 6 nitrogen and oxygen atoms in total. The SMILES string of the molecule is O=Nc1c(NO)n(-c2ccccc2)c(=S)n1-c1ccccc1. The summed E-state index contributed by atoms with van der Waals surface area (Å²) in [5.74, 6) is 0.123. The summed E-state index contributed by atoms with van der Waals surface area (Å²) in [6, 6.07) is 18.3. The van der Waals surface area contributed by atoms with Gasteiger partial charge < -0.3 is 0 Å². The monoisotopic (exact) mass is 312 g/mol. The third-order valence-electron chi connectivity index (χ3n) is 3.25. The molecule has 0 aliphatic rings. The van der Waals surface area contributed by atoms with Gasteiger partial charge in [-0.1, -0.05) is 36.4 Å². The highest BCUT2D eigenvalue weighted by Crippen LogP contribution is 2.33. The predicted octanol–water partition coefficient (Wildman–Crippen LogP) is 4.20. The van der Waals surface area contributed by atoms with Crippen molar-refractivity contribution >= 4 is 23.9 Å². The first-order valence-electron chi connectivity index (χ1n) is 6.50. The number of nitrogens with zero attached hydrogens (tertiary/aromatic N) is 3. The fourth-order valence-electron chi connectivity index (χ4n) is 2.30. The van der Waals surface area contributed by atoms with Crippen LogP contribution in [0.4, 0.5) is 11.6 Å². The second-order valence-corrected chi connectivity index (χ2v) is 4.86. The molecule has 7 heteroatoms. The van der Waals surface area contributed by atoms with Gasteiger partial charge in [-0.2, -0.15) is 0 Å². The van der Waals surface area contributed by atoms with Crippen molar-refractivity contribution in [2.45, 2.75) is 0 Å². The first-order valence-corrected chi connectivity index (χ1v) is 6.91.